The first-order valence-corrected chi connectivity index (χ1v) is 10.0. The van der Waals surface area contributed by atoms with Gasteiger partial charge in [-0.05, 0) is 48.3 Å². The highest BCUT2D eigenvalue weighted by Crippen LogP contribution is 2.44. The molecule has 3 N–H and O–H groups in total. The predicted octanol–water partition coefficient (Wildman–Crippen LogP) is 5.13. The van der Waals surface area contributed by atoms with Crippen LogP contribution in [-0.4, -0.2) is 13.0 Å². The number of nitrogen functional groups attached to an aromatic ring is 1. The number of rotatable bonds is 5. The minimum Gasteiger partial charge on any atom is -0.497 e. The first kappa shape index (κ1) is 18.8. The lowest BCUT2D eigenvalue weighted by atomic mass is 9.69. The largest absolute Gasteiger partial charge is 0.497 e. The number of fused-ring (bicyclic) bond motifs is 1. The number of anilines is 2. The molecule has 1 aromatic heterocycles. The molecule has 0 spiro atoms. The van der Waals surface area contributed by atoms with Gasteiger partial charge in [-0.25, -0.2) is 0 Å². The molecule has 5 heteroatoms. The van der Waals surface area contributed by atoms with Crippen LogP contribution in [0.15, 0.2) is 24.3 Å². The van der Waals surface area contributed by atoms with Crippen LogP contribution in [0.3, 0.4) is 0 Å². The van der Waals surface area contributed by atoms with E-state index in [9.17, 15) is 4.79 Å². The van der Waals surface area contributed by atoms with Crippen LogP contribution in [0.5, 0.6) is 5.75 Å². The second-order valence-electron chi connectivity index (χ2n) is 7.71. The van der Waals surface area contributed by atoms with Crippen LogP contribution in [0.1, 0.15) is 54.4 Å². The number of nitrogens with two attached hydrogens (primary N) is 1. The summed E-state index contributed by atoms with van der Waals surface area (Å²) in [6.07, 6.45) is 4.23. The third-order valence-corrected chi connectivity index (χ3v) is 6.95. The molecule has 2 aromatic rings. The van der Waals surface area contributed by atoms with Gasteiger partial charge in [0, 0.05) is 16.6 Å². The Kier molecular flexibility index (Phi) is 5.28. The van der Waals surface area contributed by atoms with E-state index in [0.29, 0.717) is 27.6 Å². The topological polar surface area (TPSA) is 64.4 Å². The molecule has 0 aliphatic heterocycles. The summed E-state index contributed by atoms with van der Waals surface area (Å²) < 4.78 is 5.22. The van der Waals surface area contributed by atoms with Gasteiger partial charge < -0.3 is 15.8 Å². The summed E-state index contributed by atoms with van der Waals surface area (Å²) in [4.78, 5) is 14.2. The van der Waals surface area contributed by atoms with Crippen molar-refractivity contribution in [1.82, 2.24) is 0 Å². The summed E-state index contributed by atoms with van der Waals surface area (Å²) in [5.41, 5.74) is 9.10. The van der Waals surface area contributed by atoms with Gasteiger partial charge in [-0.1, -0.05) is 33.3 Å². The fourth-order valence-corrected chi connectivity index (χ4v) is 4.90. The van der Waals surface area contributed by atoms with Crippen molar-refractivity contribution >= 4 is 27.9 Å². The van der Waals surface area contributed by atoms with E-state index in [1.165, 1.54) is 4.88 Å². The van der Waals surface area contributed by atoms with E-state index in [1.54, 1.807) is 18.4 Å². The lowest BCUT2D eigenvalue weighted by molar-refractivity contribution is 0.102. The molecule has 0 saturated heterocycles. The Labute approximate surface area is 159 Å². The Morgan fingerprint density at radius 1 is 1.42 bits per heavy atom. The Morgan fingerprint density at radius 3 is 2.88 bits per heavy atom. The fourth-order valence-electron chi connectivity index (χ4n) is 3.71. The third kappa shape index (κ3) is 3.58. The minimum absolute atomic E-state index is 0.124. The zero-order chi connectivity index (χ0) is 18.9. The van der Waals surface area contributed by atoms with Crippen LogP contribution in [0.2, 0.25) is 0 Å². The summed E-state index contributed by atoms with van der Waals surface area (Å²) in [5, 5.41) is 3.60. The Hall–Kier alpha value is -2.01. The van der Waals surface area contributed by atoms with Crippen LogP contribution in [0, 0.1) is 11.3 Å². The molecule has 1 heterocycles. The van der Waals surface area contributed by atoms with Crippen molar-refractivity contribution in [2.75, 3.05) is 18.2 Å². The zero-order valence-electron chi connectivity index (χ0n) is 16.0. The standard InChI is InChI=1S/C21H28N2O2S/c1-5-21(2,3)13-9-10-16-17(11-13)26-19(22)18(16)20(24)23-14-7-6-8-15(12-14)25-4/h6-8,12-13H,5,9-11,22H2,1-4H3,(H,23,24)/t13-/m0/s1. The average molecular weight is 373 g/mol. The van der Waals surface area contributed by atoms with Gasteiger partial charge in [0.25, 0.3) is 5.91 Å². The van der Waals surface area contributed by atoms with Gasteiger partial charge >= 0.3 is 0 Å². The highest BCUT2D eigenvalue weighted by atomic mass is 32.1. The zero-order valence-corrected chi connectivity index (χ0v) is 16.8. The number of methoxy groups -OCH3 is 1. The van der Waals surface area contributed by atoms with Gasteiger partial charge in [0.15, 0.2) is 0 Å². The molecule has 140 valence electrons. The van der Waals surface area contributed by atoms with Crippen LogP contribution in [0.25, 0.3) is 0 Å². The van der Waals surface area contributed by atoms with Crippen molar-refractivity contribution in [3.05, 3.63) is 40.3 Å². The van der Waals surface area contributed by atoms with Crippen molar-refractivity contribution in [3.8, 4) is 5.75 Å². The molecule has 1 atom stereocenters. The van der Waals surface area contributed by atoms with Gasteiger partial charge in [0.1, 0.15) is 5.75 Å². The van der Waals surface area contributed by atoms with E-state index in [-0.39, 0.29) is 5.91 Å². The van der Waals surface area contributed by atoms with E-state index < -0.39 is 0 Å². The van der Waals surface area contributed by atoms with E-state index in [4.69, 9.17) is 10.5 Å². The van der Waals surface area contributed by atoms with Gasteiger partial charge in [0.05, 0.1) is 17.7 Å². The molecular weight excluding hydrogens is 344 g/mol. The number of nitrogens with one attached hydrogen (secondary N) is 1. The fraction of sp³-hybridized carbons (Fsp3) is 0.476. The molecular formula is C21H28N2O2S. The van der Waals surface area contributed by atoms with Gasteiger partial charge in [-0.2, -0.15) is 0 Å². The number of carbonyl (C=O) groups excluding carboxylic acids is 1. The van der Waals surface area contributed by atoms with Crippen LogP contribution in [-0.2, 0) is 12.8 Å². The van der Waals surface area contributed by atoms with Gasteiger partial charge in [0.2, 0.25) is 0 Å². The van der Waals surface area contributed by atoms with Gasteiger partial charge in [-0.3, -0.25) is 4.79 Å². The number of hydrogen-bond acceptors (Lipinski definition) is 4. The van der Waals surface area contributed by atoms with E-state index >= 15 is 0 Å². The predicted molar refractivity (Wildman–Crippen MR) is 109 cm³/mol. The summed E-state index contributed by atoms with van der Waals surface area (Å²) >= 11 is 1.59. The number of thiophene rings is 1. The first-order chi connectivity index (χ1) is 12.4. The van der Waals surface area contributed by atoms with Gasteiger partial charge in [-0.15, -0.1) is 11.3 Å². The first-order valence-electron chi connectivity index (χ1n) is 9.21. The number of ether oxygens (including phenoxy) is 1. The van der Waals surface area contributed by atoms with E-state index in [2.05, 4.69) is 26.1 Å². The second kappa shape index (κ2) is 7.31. The number of hydrogen-bond donors (Lipinski definition) is 2. The maximum atomic E-state index is 12.9. The Morgan fingerprint density at radius 2 is 2.19 bits per heavy atom. The molecule has 0 saturated carbocycles. The number of benzene rings is 1. The molecule has 1 aliphatic rings. The maximum Gasteiger partial charge on any atom is 0.258 e. The Bertz CT molecular complexity index is 810. The SMILES string of the molecule is CCC(C)(C)[C@H]1CCc2c(sc(N)c2C(=O)Nc2cccc(OC)c2)C1. The molecule has 1 amide bonds. The molecule has 0 bridgehead atoms. The maximum absolute atomic E-state index is 12.9. The van der Waals surface area contributed by atoms with Crippen LogP contribution < -0.4 is 15.8 Å². The average Bonchev–Trinajstić information content (AvgIpc) is 2.96. The highest BCUT2D eigenvalue weighted by molar-refractivity contribution is 7.16. The van der Waals surface area contributed by atoms with Crippen molar-refractivity contribution in [3.63, 3.8) is 0 Å². The minimum atomic E-state index is -0.124. The smallest absolute Gasteiger partial charge is 0.258 e. The molecule has 26 heavy (non-hydrogen) atoms. The monoisotopic (exact) mass is 372 g/mol. The second-order valence-corrected chi connectivity index (χ2v) is 8.85. The van der Waals surface area contributed by atoms with Crippen molar-refractivity contribution in [2.45, 2.75) is 46.5 Å². The lowest BCUT2D eigenvalue weighted by Crippen LogP contribution is -2.29. The van der Waals surface area contributed by atoms with Crippen molar-refractivity contribution in [2.24, 2.45) is 11.3 Å². The summed E-state index contributed by atoms with van der Waals surface area (Å²) in [5.74, 6) is 1.24. The molecule has 0 fully saturated rings. The molecule has 3 rings (SSSR count). The molecule has 0 unspecified atom stereocenters. The van der Waals surface area contributed by atoms with Crippen molar-refractivity contribution < 1.29 is 9.53 Å². The normalized spacial score (nSPS) is 16.8. The van der Waals surface area contributed by atoms with Crippen LogP contribution in [0.4, 0.5) is 10.7 Å². The van der Waals surface area contributed by atoms with E-state index in [0.717, 1.165) is 36.9 Å². The molecule has 1 aliphatic carbocycles. The summed E-state index contributed by atoms with van der Waals surface area (Å²) in [6.45, 7) is 6.94. The quantitative estimate of drug-likeness (QED) is 0.764. The molecule has 0 radical (unpaired) electrons. The van der Waals surface area contributed by atoms with E-state index in [1.807, 2.05) is 24.3 Å². The number of carbonyl (C=O) groups is 1. The van der Waals surface area contributed by atoms with Crippen LogP contribution >= 0.6 is 11.3 Å². The highest BCUT2D eigenvalue weighted by Gasteiger charge is 2.34. The number of amides is 1. The summed E-state index contributed by atoms with van der Waals surface area (Å²) in [7, 11) is 1.61. The Balaban J connectivity index is 1.83. The molecule has 4 nitrogen and oxygen atoms in total. The summed E-state index contributed by atoms with van der Waals surface area (Å²) in [6, 6.07) is 7.38. The third-order valence-electron chi connectivity index (χ3n) is 5.86. The van der Waals surface area contributed by atoms with Crippen molar-refractivity contribution in [1.29, 1.82) is 0 Å². The molecule has 1 aromatic carbocycles. The lowest BCUT2D eigenvalue weighted by Gasteiger charge is -2.36.